The predicted molar refractivity (Wildman–Crippen MR) is 119 cm³/mol. The summed E-state index contributed by atoms with van der Waals surface area (Å²) in [7, 11) is -3.68. The lowest BCUT2D eigenvalue weighted by atomic mass is 9.88. The number of benzene rings is 1. The van der Waals surface area contributed by atoms with E-state index in [2.05, 4.69) is 12.2 Å². The van der Waals surface area contributed by atoms with Crippen molar-refractivity contribution in [2.45, 2.75) is 44.9 Å². The number of carbonyl (C=O) groups excluding carboxylic acids is 2. The van der Waals surface area contributed by atoms with Crippen LogP contribution < -0.4 is 11.1 Å². The van der Waals surface area contributed by atoms with E-state index in [1.54, 1.807) is 26.0 Å². The molecule has 30 heavy (non-hydrogen) atoms. The number of nitrogens with one attached hydrogen (secondary N) is 1. The Labute approximate surface area is 181 Å². The SMILES string of the molecule is CCN(CC)S(=O)(=O)c1cccc(C(=O)Nc2sc3c(c2C(N)=O)CC[C@@H](C)C3)c1. The standard InChI is InChI=1S/C21H27N3O4S2/c1-4-24(5-2)30(27,28)15-8-6-7-14(12-15)20(26)23-21-18(19(22)25)16-10-9-13(3)11-17(16)29-21/h6-8,12-13H,4-5,9-11H2,1-3H3,(H2,22,25)(H,23,26)/t13-/m1/s1. The summed E-state index contributed by atoms with van der Waals surface area (Å²) in [5.74, 6) is -0.515. The van der Waals surface area contributed by atoms with Crippen molar-refractivity contribution >= 4 is 38.2 Å². The average molecular weight is 450 g/mol. The minimum absolute atomic E-state index is 0.0632. The lowest BCUT2D eigenvalue weighted by Gasteiger charge is -2.18. The molecule has 7 nitrogen and oxygen atoms in total. The minimum Gasteiger partial charge on any atom is -0.365 e. The molecule has 3 N–H and O–H groups in total. The summed E-state index contributed by atoms with van der Waals surface area (Å²) < 4.78 is 26.9. The maximum absolute atomic E-state index is 12.9. The van der Waals surface area contributed by atoms with Gasteiger partial charge in [-0.15, -0.1) is 11.3 Å². The molecule has 0 bridgehead atoms. The Morgan fingerprint density at radius 1 is 1.27 bits per heavy atom. The molecule has 1 aromatic heterocycles. The van der Waals surface area contributed by atoms with Crippen LogP contribution in [0.25, 0.3) is 0 Å². The Morgan fingerprint density at radius 2 is 1.97 bits per heavy atom. The summed E-state index contributed by atoms with van der Waals surface area (Å²) in [6.07, 6.45) is 2.59. The Hall–Kier alpha value is -2.23. The average Bonchev–Trinajstić information content (AvgIpc) is 3.05. The highest BCUT2D eigenvalue weighted by Crippen LogP contribution is 2.39. The number of nitrogens with two attached hydrogens (primary N) is 1. The monoisotopic (exact) mass is 449 g/mol. The quantitative estimate of drug-likeness (QED) is 0.676. The highest BCUT2D eigenvalue weighted by molar-refractivity contribution is 7.89. The molecule has 1 aliphatic rings. The molecule has 2 aromatic rings. The zero-order valence-electron chi connectivity index (χ0n) is 17.4. The van der Waals surface area contributed by atoms with Gasteiger partial charge in [0.1, 0.15) is 5.00 Å². The second-order valence-electron chi connectivity index (χ2n) is 7.49. The van der Waals surface area contributed by atoms with Gasteiger partial charge >= 0.3 is 0 Å². The van der Waals surface area contributed by atoms with Crippen LogP contribution >= 0.6 is 11.3 Å². The Morgan fingerprint density at radius 3 is 2.60 bits per heavy atom. The summed E-state index contributed by atoms with van der Waals surface area (Å²) in [5.41, 5.74) is 7.12. The molecular weight excluding hydrogens is 422 g/mol. The Bertz CT molecular complexity index is 1070. The Kier molecular flexibility index (Phi) is 6.64. The fourth-order valence-electron chi connectivity index (χ4n) is 3.79. The summed E-state index contributed by atoms with van der Waals surface area (Å²) in [5, 5.41) is 3.22. The molecule has 0 spiro atoms. The third-order valence-corrected chi connectivity index (χ3v) is 8.64. The third kappa shape index (κ3) is 4.28. The number of amides is 2. The molecule has 1 aromatic carbocycles. The fourth-order valence-corrected chi connectivity index (χ4v) is 6.70. The molecule has 0 saturated carbocycles. The highest BCUT2D eigenvalue weighted by atomic mass is 32.2. The van der Waals surface area contributed by atoms with Gasteiger partial charge in [-0.2, -0.15) is 4.31 Å². The van der Waals surface area contributed by atoms with E-state index in [0.717, 1.165) is 29.7 Å². The first-order chi connectivity index (χ1) is 14.2. The van der Waals surface area contributed by atoms with Crippen molar-refractivity contribution in [2.75, 3.05) is 18.4 Å². The number of sulfonamides is 1. The van der Waals surface area contributed by atoms with Crippen molar-refractivity contribution < 1.29 is 18.0 Å². The van der Waals surface area contributed by atoms with Crippen molar-refractivity contribution in [3.8, 4) is 0 Å². The molecule has 0 aliphatic heterocycles. The van der Waals surface area contributed by atoms with E-state index in [0.29, 0.717) is 29.6 Å². The molecule has 1 aliphatic carbocycles. The summed E-state index contributed by atoms with van der Waals surface area (Å²) >= 11 is 1.38. The van der Waals surface area contributed by atoms with Gasteiger partial charge in [0.15, 0.2) is 0 Å². The van der Waals surface area contributed by atoms with Gasteiger partial charge in [-0.1, -0.05) is 26.8 Å². The second-order valence-corrected chi connectivity index (χ2v) is 10.5. The fraction of sp³-hybridized carbons (Fsp3) is 0.429. The van der Waals surface area contributed by atoms with Crippen molar-refractivity contribution in [3.63, 3.8) is 0 Å². The van der Waals surface area contributed by atoms with Crippen LogP contribution in [-0.4, -0.2) is 37.6 Å². The maximum Gasteiger partial charge on any atom is 0.256 e. The molecule has 162 valence electrons. The van der Waals surface area contributed by atoms with E-state index in [9.17, 15) is 18.0 Å². The number of nitrogens with zero attached hydrogens (tertiary/aromatic N) is 1. The van der Waals surface area contributed by atoms with Gasteiger partial charge < -0.3 is 11.1 Å². The lowest BCUT2D eigenvalue weighted by molar-refractivity contribution is 0.1000. The number of rotatable bonds is 7. The first kappa shape index (κ1) is 22.5. The van der Waals surface area contributed by atoms with Gasteiger partial charge in [-0.25, -0.2) is 8.42 Å². The molecule has 0 radical (unpaired) electrons. The molecular formula is C21H27N3O4S2. The molecule has 0 unspecified atom stereocenters. The molecule has 3 rings (SSSR count). The molecule has 0 saturated heterocycles. The molecule has 0 fully saturated rings. The lowest BCUT2D eigenvalue weighted by Crippen LogP contribution is -2.30. The highest BCUT2D eigenvalue weighted by Gasteiger charge is 2.28. The van der Waals surface area contributed by atoms with Gasteiger partial charge in [0.25, 0.3) is 11.8 Å². The van der Waals surface area contributed by atoms with E-state index in [1.165, 1.54) is 27.8 Å². The molecule has 1 heterocycles. The van der Waals surface area contributed by atoms with Crippen molar-refractivity contribution in [1.82, 2.24) is 4.31 Å². The summed E-state index contributed by atoms with van der Waals surface area (Å²) in [6.45, 7) is 6.38. The van der Waals surface area contributed by atoms with Crippen LogP contribution in [0, 0.1) is 5.92 Å². The summed E-state index contributed by atoms with van der Waals surface area (Å²) in [6, 6.07) is 5.94. The van der Waals surface area contributed by atoms with Crippen LogP contribution in [0.3, 0.4) is 0 Å². The van der Waals surface area contributed by atoms with Crippen molar-refractivity contribution in [1.29, 1.82) is 0 Å². The number of carbonyl (C=O) groups is 2. The number of hydrogen-bond acceptors (Lipinski definition) is 5. The van der Waals surface area contributed by atoms with E-state index < -0.39 is 21.8 Å². The molecule has 2 amide bonds. The molecule has 1 atom stereocenters. The first-order valence-corrected chi connectivity index (χ1v) is 12.3. The molecule has 9 heteroatoms. The third-order valence-electron chi connectivity index (χ3n) is 5.42. The van der Waals surface area contributed by atoms with Gasteiger partial charge in [0.2, 0.25) is 10.0 Å². The van der Waals surface area contributed by atoms with Crippen molar-refractivity contribution in [2.24, 2.45) is 11.7 Å². The maximum atomic E-state index is 12.9. The van der Waals surface area contributed by atoms with Gasteiger partial charge in [-0.3, -0.25) is 9.59 Å². The number of primary amides is 1. The van der Waals surface area contributed by atoms with Crippen LogP contribution in [0.1, 0.15) is 58.3 Å². The normalized spacial score (nSPS) is 16.3. The Balaban J connectivity index is 1.92. The first-order valence-electron chi connectivity index (χ1n) is 10.0. The zero-order valence-corrected chi connectivity index (χ0v) is 19.0. The van der Waals surface area contributed by atoms with Gasteiger partial charge in [0, 0.05) is 23.5 Å². The van der Waals surface area contributed by atoms with Crippen LogP contribution in [-0.2, 0) is 22.9 Å². The number of thiophene rings is 1. The van der Waals surface area contributed by atoms with Crippen LogP contribution in [0.2, 0.25) is 0 Å². The zero-order chi connectivity index (χ0) is 22.1. The van der Waals surface area contributed by atoms with E-state index in [1.807, 2.05) is 0 Å². The summed E-state index contributed by atoms with van der Waals surface area (Å²) in [4.78, 5) is 26.1. The largest absolute Gasteiger partial charge is 0.365 e. The second kappa shape index (κ2) is 8.87. The predicted octanol–water partition coefficient (Wildman–Crippen LogP) is 3.25. The number of anilines is 1. The number of fused-ring (bicyclic) bond motifs is 1. The van der Waals surface area contributed by atoms with Crippen molar-refractivity contribution in [3.05, 3.63) is 45.8 Å². The van der Waals surface area contributed by atoms with Gasteiger partial charge in [-0.05, 0) is 48.9 Å². The van der Waals surface area contributed by atoms with E-state index in [-0.39, 0.29) is 10.5 Å². The van der Waals surface area contributed by atoms with E-state index >= 15 is 0 Å². The van der Waals surface area contributed by atoms with Crippen LogP contribution in [0.5, 0.6) is 0 Å². The minimum atomic E-state index is -3.68. The van der Waals surface area contributed by atoms with Crippen LogP contribution in [0.4, 0.5) is 5.00 Å². The smallest absolute Gasteiger partial charge is 0.256 e. The topological polar surface area (TPSA) is 110 Å². The number of hydrogen-bond donors (Lipinski definition) is 2. The van der Waals surface area contributed by atoms with Crippen LogP contribution in [0.15, 0.2) is 29.2 Å². The van der Waals surface area contributed by atoms with E-state index in [4.69, 9.17) is 5.73 Å². The van der Waals surface area contributed by atoms with Gasteiger partial charge in [0.05, 0.1) is 10.5 Å².